The highest BCUT2D eigenvalue weighted by molar-refractivity contribution is 5.99. The maximum absolute atomic E-state index is 14.2. The number of fused-ring (bicyclic) bond motifs is 1. The maximum Gasteiger partial charge on any atom is 0.490 e. The van der Waals surface area contributed by atoms with Gasteiger partial charge in [0.2, 0.25) is 29.5 Å². The molecule has 3 aromatic rings. The zero-order valence-electron chi connectivity index (χ0n) is 31.4. The Balaban J connectivity index is 0.000000973. The van der Waals surface area contributed by atoms with Crippen molar-refractivity contribution >= 4 is 52.2 Å². The van der Waals surface area contributed by atoms with E-state index in [-0.39, 0.29) is 37.5 Å². The zero-order valence-corrected chi connectivity index (χ0v) is 31.4. The molecule has 19 heteroatoms. The number of carboxylic acids is 1. The van der Waals surface area contributed by atoms with Crippen molar-refractivity contribution in [2.45, 2.75) is 87.6 Å². The van der Waals surface area contributed by atoms with Crippen LogP contribution in [0.2, 0.25) is 0 Å². The number of amides is 5. The SMILES string of the molecule is NC(N)=NCCC[C@@H]1NC(=O)C2(CCCCC2)NC(=O)[C@@H](Cc2ccc(O)cc2)NC(=O)CNC(=O)[C@H](Cc2ccc3ccccc3c2)NC1=O.O=C(O)C(F)(F)F. The summed E-state index contributed by atoms with van der Waals surface area (Å²) in [7, 11) is 0. The van der Waals surface area contributed by atoms with E-state index in [2.05, 4.69) is 31.6 Å². The second-order valence-corrected chi connectivity index (χ2v) is 14.1. The first-order valence-electron chi connectivity index (χ1n) is 18.6. The lowest BCUT2D eigenvalue weighted by Gasteiger charge is -2.38. The largest absolute Gasteiger partial charge is 0.508 e. The molecule has 11 N–H and O–H groups in total. The molecular formula is C39H47F3N8O8. The summed E-state index contributed by atoms with van der Waals surface area (Å²) in [4.78, 5) is 82.0. The lowest BCUT2D eigenvalue weighted by molar-refractivity contribution is -0.192. The molecule has 1 saturated heterocycles. The van der Waals surface area contributed by atoms with Crippen LogP contribution in [0.1, 0.15) is 56.1 Å². The summed E-state index contributed by atoms with van der Waals surface area (Å²) in [5.74, 6) is -5.78. The van der Waals surface area contributed by atoms with E-state index in [9.17, 15) is 42.3 Å². The Morgan fingerprint density at radius 2 is 1.38 bits per heavy atom. The number of halogens is 3. The van der Waals surface area contributed by atoms with Gasteiger partial charge in [-0.05, 0) is 59.7 Å². The minimum atomic E-state index is -5.08. The molecule has 1 heterocycles. The van der Waals surface area contributed by atoms with Crippen LogP contribution in [-0.2, 0) is 41.6 Å². The topological polar surface area (TPSA) is 267 Å². The van der Waals surface area contributed by atoms with Gasteiger partial charge in [-0.15, -0.1) is 0 Å². The Hall–Kier alpha value is -6.40. The van der Waals surface area contributed by atoms with Crippen molar-refractivity contribution in [3.63, 3.8) is 0 Å². The zero-order chi connectivity index (χ0) is 42.5. The van der Waals surface area contributed by atoms with E-state index in [0.29, 0.717) is 37.7 Å². The molecular weight excluding hydrogens is 765 g/mol. The van der Waals surface area contributed by atoms with Gasteiger partial charge in [0.25, 0.3) is 0 Å². The lowest BCUT2D eigenvalue weighted by Crippen LogP contribution is -2.65. The Morgan fingerprint density at radius 1 is 0.776 bits per heavy atom. The van der Waals surface area contributed by atoms with Crippen molar-refractivity contribution < 1.29 is 52.2 Å². The second kappa shape index (κ2) is 20.1. The van der Waals surface area contributed by atoms with Gasteiger partial charge in [-0.2, -0.15) is 13.2 Å². The minimum absolute atomic E-state index is 0.0455. The van der Waals surface area contributed by atoms with Crippen molar-refractivity contribution in [1.29, 1.82) is 0 Å². The van der Waals surface area contributed by atoms with E-state index in [1.807, 2.05) is 42.5 Å². The van der Waals surface area contributed by atoms with Crippen LogP contribution >= 0.6 is 0 Å². The molecule has 1 aliphatic carbocycles. The summed E-state index contributed by atoms with van der Waals surface area (Å²) >= 11 is 0. The molecule has 2 fully saturated rings. The number of hydrogen-bond donors (Lipinski definition) is 9. The van der Waals surface area contributed by atoms with Crippen LogP contribution in [0.3, 0.4) is 0 Å². The Kier molecular flexibility index (Phi) is 15.4. The van der Waals surface area contributed by atoms with E-state index in [1.54, 1.807) is 12.1 Å². The number of carbonyl (C=O) groups excluding carboxylic acids is 5. The highest BCUT2D eigenvalue weighted by Crippen LogP contribution is 2.29. The normalized spacial score (nSPS) is 20.4. The molecule has 3 aromatic carbocycles. The van der Waals surface area contributed by atoms with Crippen molar-refractivity contribution in [3.8, 4) is 5.75 Å². The molecule has 0 unspecified atom stereocenters. The van der Waals surface area contributed by atoms with Crippen LogP contribution in [0.25, 0.3) is 10.8 Å². The predicted molar refractivity (Wildman–Crippen MR) is 206 cm³/mol. The average Bonchev–Trinajstić information content (AvgIpc) is 3.18. The summed E-state index contributed by atoms with van der Waals surface area (Å²) in [5.41, 5.74) is 11.1. The standard InChI is InChI=1S/C37H46N8O6.C2HF3O2/c38-36(39)40-18-6-9-28-33(49)43-29(21-24-10-13-25-7-2-3-8-26(25)19-24)32(48)41-22-31(47)42-30(20-23-11-14-27(46)15-12-23)34(50)45-37(35(51)44-28)16-4-1-5-17-37;3-2(4,5)1(6)7/h2-3,7-8,10-15,19,28-30,46H,1,4-6,9,16-18,20-22H2,(H,41,48)(H,42,47)(H,43,49)(H,44,51)(H,45,50)(H4,38,39,40);(H,6,7)/t28-,29-,30+;/m0./s1. The first-order chi connectivity index (χ1) is 27.5. The van der Waals surface area contributed by atoms with Gasteiger partial charge >= 0.3 is 12.1 Å². The summed E-state index contributed by atoms with van der Waals surface area (Å²) in [6, 6.07) is 16.4. The number of alkyl halides is 3. The number of hydrogen-bond acceptors (Lipinski definition) is 8. The molecule has 58 heavy (non-hydrogen) atoms. The van der Waals surface area contributed by atoms with Gasteiger partial charge in [0, 0.05) is 19.4 Å². The second-order valence-electron chi connectivity index (χ2n) is 14.1. The smallest absolute Gasteiger partial charge is 0.490 e. The number of benzene rings is 3. The summed E-state index contributed by atoms with van der Waals surface area (Å²) in [5, 5.41) is 32.9. The molecule has 2 aliphatic rings. The van der Waals surface area contributed by atoms with Crippen molar-refractivity contribution in [3.05, 3.63) is 77.9 Å². The van der Waals surface area contributed by atoms with Gasteiger partial charge in [-0.25, -0.2) is 4.79 Å². The quantitative estimate of drug-likeness (QED) is 0.0897. The summed E-state index contributed by atoms with van der Waals surface area (Å²) in [6.45, 7) is -0.260. The fraction of sp³-hybridized carbons (Fsp3) is 0.410. The van der Waals surface area contributed by atoms with Crippen molar-refractivity contribution in [2.24, 2.45) is 16.5 Å². The Bertz CT molecular complexity index is 1980. The minimum Gasteiger partial charge on any atom is -0.508 e. The van der Waals surface area contributed by atoms with Gasteiger partial charge < -0.3 is 48.3 Å². The van der Waals surface area contributed by atoms with Gasteiger partial charge in [-0.3, -0.25) is 29.0 Å². The number of aliphatic carboxylic acids is 1. The van der Waals surface area contributed by atoms with E-state index < -0.39 is 71.9 Å². The van der Waals surface area contributed by atoms with Gasteiger partial charge in [0.05, 0.1) is 6.54 Å². The molecule has 5 amide bonds. The highest BCUT2D eigenvalue weighted by atomic mass is 19.4. The van der Waals surface area contributed by atoms with Crippen molar-refractivity contribution in [2.75, 3.05) is 13.1 Å². The molecule has 1 spiro atoms. The predicted octanol–water partition coefficient (Wildman–Crippen LogP) is 1.42. The fourth-order valence-electron chi connectivity index (χ4n) is 6.65. The molecule has 5 rings (SSSR count). The molecule has 0 radical (unpaired) electrons. The third-order valence-corrected chi connectivity index (χ3v) is 9.65. The van der Waals surface area contributed by atoms with E-state index in [4.69, 9.17) is 21.4 Å². The highest BCUT2D eigenvalue weighted by Gasteiger charge is 2.44. The van der Waals surface area contributed by atoms with E-state index in [0.717, 1.165) is 22.8 Å². The number of phenolic OH excluding ortho intramolecular Hbond substituents is 1. The Morgan fingerprint density at radius 3 is 2.02 bits per heavy atom. The number of carboxylic acid groups (broad SMARTS) is 1. The number of nitrogens with two attached hydrogens (primary N) is 2. The molecule has 3 atom stereocenters. The van der Waals surface area contributed by atoms with Crippen LogP contribution in [0, 0.1) is 0 Å². The van der Waals surface area contributed by atoms with Crippen molar-refractivity contribution in [1.82, 2.24) is 26.6 Å². The van der Waals surface area contributed by atoms with Gasteiger partial charge in [-0.1, -0.05) is 73.9 Å². The van der Waals surface area contributed by atoms with Crippen LogP contribution < -0.4 is 38.1 Å². The molecule has 0 bridgehead atoms. The van der Waals surface area contributed by atoms with Crippen LogP contribution in [-0.4, -0.2) is 94.6 Å². The lowest BCUT2D eigenvalue weighted by atomic mass is 9.80. The number of carbonyl (C=O) groups is 6. The molecule has 16 nitrogen and oxygen atoms in total. The van der Waals surface area contributed by atoms with Gasteiger partial charge in [0.1, 0.15) is 29.4 Å². The number of rotatable bonds is 8. The third-order valence-electron chi connectivity index (χ3n) is 9.65. The summed E-state index contributed by atoms with van der Waals surface area (Å²) < 4.78 is 31.7. The molecule has 1 aliphatic heterocycles. The molecule has 0 aromatic heterocycles. The van der Waals surface area contributed by atoms with Crippen LogP contribution in [0.4, 0.5) is 13.2 Å². The fourth-order valence-corrected chi connectivity index (χ4v) is 6.65. The van der Waals surface area contributed by atoms with Gasteiger partial charge in [0.15, 0.2) is 5.96 Å². The number of guanidine groups is 1. The first-order valence-corrected chi connectivity index (χ1v) is 18.6. The van der Waals surface area contributed by atoms with Crippen LogP contribution in [0.5, 0.6) is 5.75 Å². The number of nitrogens with zero attached hydrogens (tertiary/aromatic N) is 1. The summed E-state index contributed by atoms with van der Waals surface area (Å²) in [6.07, 6.45) is -1.59. The Labute approximate surface area is 331 Å². The monoisotopic (exact) mass is 812 g/mol. The molecule has 1 saturated carbocycles. The molecule has 312 valence electrons. The number of nitrogens with one attached hydrogen (secondary N) is 5. The van der Waals surface area contributed by atoms with E-state index >= 15 is 0 Å². The number of aliphatic imine (C=N–C) groups is 1. The van der Waals surface area contributed by atoms with E-state index in [1.165, 1.54) is 12.1 Å². The van der Waals surface area contributed by atoms with Crippen LogP contribution in [0.15, 0.2) is 71.7 Å². The number of aromatic hydroxyl groups is 1. The first kappa shape index (κ1) is 44.3. The maximum atomic E-state index is 14.2. The average molecular weight is 813 g/mol. The third kappa shape index (κ3) is 13.1. The number of phenols is 1.